The van der Waals surface area contributed by atoms with Crippen LogP contribution in [-0.2, 0) is 0 Å². The highest BCUT2D eigenvalue weighted by Gasteiger charge is 2.18. The number of hydrogen-bond acceptors (Lipinski definition) is 2. The molecule has 21 heavy (non-hydrogen) atoms. The third-order valence-corrected chi connectivity index (χ3v) is 5.22. The van der Waals surface area contributed by atoms with E-state index in [1.807, 2.05) is 24.3 Å². The first kappa shape index (κ1) is 17.1. The Kier molecular flexibility index (Phi) is 6.00. The highest BCUT2D eigenvalue weighted by atomic mass is 79.9. The largest absolute Gasteiger partial charge is 0.493 e. The van der Waals surface area contributed by atoms with Crippen molar-refractivity contribution in [2.45, 2.75) is 4.83 Å². The Labute approximate surface area is 154 Å². The number of hydrogen-bond donors (Lipinski definition) is 0. The van der Waals surface area contributed by atoms with Crippen LogP contribution in [0.2, 0.25) is 5.02 Å². The normalized spacial score (nSPS) is 12.1. The zero-order chi connectivity index (χ0) is 15.6. The minimum atomic E-state index is -0.0568. The Balaban J connectivity index is 2.49. The van der Waals surface area contributed by atoms with E-state index in [0.717, 1.165) is 20.1 Å². The second-order valence-corrected chi connectivity index (χ2v) is 7.45. The molecule has 0 amide bonds. The summed E-state index contributed by atoms with van der Waals surface area (Å²) >= 11 is 17.1. The summed E-state index contributed by atoms with van der Waals surface area (Å²) in [5.74, 6) is 1.26. The second kappa shape index (κ2) is 7.36. The van der Waals surface area contributed by atoms with Crippen LogP contribution in [0.4, 0.5) is 0 Å². The van der Waals surface area contributed by atoms with Gasteiger partial charge in [-0.15, -0.1) is 0 Å². The number of alkyl halides is 1. The van der Waals surface area contributed by atoms with E-state index in [4.69, 9.17) is 21.1 Å². The van der Waals surface area contributed by atoms with Crippen molar-refractivity contribution in [1.29, 1.82) is 0 Å². The Morgan fingerprint density at radius 1 is 0.905 bits per heavy atom. The molecule has 0 saturated carbocycles. The molecule has 1 atom stereocenters. The topological polar surface area (TPSA) is 18.5 Å². The molecule has 0 aliphatic carbocycles. The zero-order valence-corrected chi connectivity index (χ0v) is 16.8. The van der Waals surface area contributed by atoms with Crippen LogP contribution in [0.15, 0.2) is 39.3 Å². The van der Waals surface area contributed by atoms with Gasteiger partial charge in [0.2, 0.25) is 0 Å². The molecule has 0 spiro atoms. The lowest BCUT2D eigenvalue weighted by atomic mass is 10.0. The molecule has 2 aromatic rings. The minimum Gasteiger partial charge on any atom is -0.493 e. The van der Waals surface area contributed by atoms with Gasteiger partial charge in [0.05, 0.1) is 19.0 Å². The zero-order valence-electron chi connectivity index (χ0n) is 11.3. The van der Waals surface area contributed by atoms with Crippen molar-refractivity contribution in [3.8, 4) is 11.5 Å². The lowest BCUT2D eigenvalue weighted by Gasteiger charge is -2.16. The van der Waals surface area contributed by atoms with Crippen molar-refractivity contribution in [1.82, 2.24) is 0 Å². The predicted molar refractivity (Wildman–Crippen MR) is 97.2 cm³/mol. The standard InChI is InChI=1S/C15H12Br3ClO2/c1-20-13-6-11(12(19)7-14(13)21-2)15(18)8-3-9(16)5-10(17)4-8/h3-7,15H,1-2H3. The van der Waals surface area contributed by atoms with E-state index in [-0.39, 0.29) is 4.83 Å². The molecule has 2 rings (SSSR count). The van der Waals surface area contributed by atoms with Gasteiger partial charge >= 0.3 is 0 Å². The Morgan fingerprint density at radius 2 is 1.43 bits per heavy atom. The van der Waals surface area contributed by atoms with Crippen molar-refractivity contribution in [3.05, 3.63) is 55.4 Å². The Morgan fingerprint density at radius 3 is 1.95 bits per heavy atom. The summed E-state index contributed by atoms with van der Waals surface area (Å²) in [6.45, 7) is 0. The molecule has 0 radical (unpaired) electrons. The fourth-order valence-electron chi connectivity index (χ4n) is 1.97. The quantitative estimate of drug-likeness (QED) is 0.456. The van der Waals surface area contributed by atoms with E-state index in [2.05, 4.69) is 47.8 Å². The second-order valence-electron chi connectivity index (χ2n) is 4.29. The lowest BCUT2D eigenvalue weighted by Crippen LogP contribution is -1.98. The summed E-state index contributed by atoms with van der Waals surface area (Å²) < 4.78 is 12.6. The van der Waals surface area contributed by atoms with Crippen molar-refractivity contribution in [3.63, 3.8) is 0 Å². The summed E-state index contributed by atoms with van der Waals surface area (Å²) in [4.78, 5) is -0.0568. The van der Waals surface area contributed by atoms with E-state index in [0.29, 0.717) is 16.5 Å². The number of rotatable bonds is 4. The maximum absolute atomic E-state index is 6.37. The molecule has 112 valence electrons. The highest BCUT2D eigenvalue weighted by molar-refractivity contribution is 9.11. The molecule has 0 fully saturated rings. The molecule has 0 aliphatic rings. The summed E-state index contributed by atoms with van der Waals surface area (Å²) in [5, 5.41) is 0.616. The molecule has 0 aromatic heterocycles. The first-order valence-electron chi connectivity index (χ1n) is 5.97. The van der Waals surface area contributed by atoms with Gasteiger partial charge in [-0.25, -0.2) is 0 Å². The molecular weight excluding hydrogens is 487 g/mol. The summed E-state index contributed by atoms with van der Waals surface area (Å²) in [5.41, 5.74) is 1.99. The van der Waals surface area contributed by atoms with Gasteiger partial charge in [0, 0.05) is 20.0 Å². The minimum absolute atomic E-state index is 0.0568. The van der Waals surface area contributed by atoms with Crippen molar-refractivity contribution < 1.29 is 9.47 Å². The van der Waals surface area contributed by atoms with Crippen LogP contribution >= 0.6 is 59.4 Å². The molecule has 2 nitrogen and oxygen atoms in total. The van der Waals surface area contributed by atoms with Gasteiger partial charge in [-0.05, 0) is 35.4 Å². The molecule has 0 heterocycles. The number of benzene rings is 2. The average molecular weight is 499 g/mol. The maximum atomic E-state index is 6.37. The fraction of sp³-hybridized carbons (Fsp3) is 0.200. The van der Waals surface area contributed by atoms with Crippen LogP contribution in [0.5, 0.6) is 11.5 Å². The van der Waals surface area contributed by atoms with Crippen molar-refractivity contribution in [2.75, 3.05) is 14.2 Å². The number of methoxy groups -OCH3 is 2. The molecule has 1 unspecified atom stereocenters. The van der Waals surface area contributed by atoms with E-state index >= 15 is 0 Å². The third kappa shape index (κ3) is 3.95. The fourth-order valence-corrected chi connectivity index (χ4v) is 4.33. The van der Waals surface area contributed by atoms with Crippen LogP contribution in [0.1, 0.15) is 16.0 Å². The molecular formula is C15H12Br3ClO2. The van der Waals surface area contributed by atoms with Gasteiger partial charge < -0.3 is 9.47 Å². The highest BCUT2D eigenvalue weighted by Crippen LogP contribution is 2.42. The van der Waals surface area contributed by atoms with Gasteiger partial charge in [0.25, 0.3) is 0 Å². The van der Waals surface area contributed by atoms with E-state index in [1.54, 1.807) is 20.3 Å². The maximum Gasteiger partial charge on any atom is 0.162 e. The SMILES string of the molecule is COc1cc(Cl)c(C(Br)c2cc(Br)cc(Br)c2)cc1OC. The first-order valence-corrected chi connectivity index (χ1v) is 8.85. The summed E-state index contributed by atoms with van der Waals surface area (Å²) in [7, 11) is 3.19. The number of halogens is 4. The van der Waals surface area contributed by atoms with E-state index in [9.17, 15) is 0 Å². The van der Waals surface area contributed by atoms with Gasteiger partial charge in [-0.3, -0.25) is 0 Å². The first-order chi connectivity index (χ1) is 9.96. The van der Waals surface area contributed by atoms with Gasteiger partial charge in [0.15, 0.2) is 11.5 Å². The van der Waals surface area contributed by atoms with Crippen LogP contribution in [0.3, 0.4) is 0 Å². The molecule has 2 aromatic carbocycles. The van der Waals surface area contributed by atoms with Crippen LogP contribution < -0.4 is 9.47 Å². The van der Waals surface area contributed by atoms with Crippen molar-refractivity contribution >= 4 is 59.4 Å². The van der Waals surface area contributed by atoms with E-state index in [1.165, 1.54) is 0 Å². The third-order valence-electron chi connectivity index (χ3n) is 2.95. The van der Waals surface area contributed by atoms with Gasteiger partial charge in [0.1, 0.15) is 0 Å². The monoisotopic (exact) mass is 496 g/mol. The Hall–Kier alpha value is -0.230. The summed E-state index contributed by atoms with van der Waals surface area (Å²) in [6, 6.07) is 9.71. The van der Waals surface area contributed by atoms with E-state index < -0.39 is 0 Å². The average Bonchev–Trinajstić information content (AvgIpc) is 2.45. The number of ether oxygens (including phenoxy) is 2. The predicted octanol–water partition coefficient (Wildman–Crippen LogP) is 6.37. The molecule has 0 N–H and O–H groups in total. The van der Waals surface area contributed by atoms with Gasteiger partial charge in [-0.2, -0.15) is 0 Å². The van der Waals surface area contributed by atoms with Gasteiger partial charge in [-0.1, -0.05) is 59.4 Å². The summed E-state index contributed by atoms with van der Waals surface area (Å²) in [6.07, 6.45) is 0. The molecule has 0 bridgehead atoms. The van der Waals surface area contributed by atoms with Crippen LogP contribution in [-0.4, -0.2) is 14.2 Å². The molecule has 0 aliphatic heterocycles. The van der Waals surface area contributed by atoms with Crippen molar-refractivity contribution in [2.24, 2.45) is 0 Å². The van der Waals surface area contributed by atoms with Crippen LogP contribution in [0.25, 0.3) is 0 Å². The lowest BCUT2D eigenvalue weighted by molar-refractivity contribution is 0.354. The molecule has 0 saturated heterocycles. The van der Waals surface area contributed by atoms with Crippen LogP contribution in [0, 0.1) is 0 Å². The molecule has 6 heteroatoms. The Bertz CT molecular complexity index is 641. The smallest absolute Gasteiger partial charge is 0.162 e.